The molecule has 130 valence electrons. The summed E-state index contributed by atoms with van der Waals surface area (Å²) < 4.78 is 2.19. The highest BCUT2D eigenvalue weighted by molar-refractivity contribution is 7.99. The summed E-state index contributed by atoms with van der Waals surface area (Å²) in [6, 6.07) is 10.5. The van der Waals surface area contributed by atoms with Crippen molar-refractivity contribution in [2.24, 2.45) is 4.99 Å². The van der Waals surface area contributed by atoms with Crippen LogP contribution in [0.15, 0.2) is 52.6 Å². The number of aromatic nitrogens is 2. The van der Waals surface area contributed by atoms with Crippen LogP contribution in [0.4, 0.5) is 0 Å². The van der Waals surface area contributed by atoms with E-state index in [0.29, 0.717) is 0 Å². The van der Waals surface area contributed by atoms with Gasteiger partial charge in [0.25, 0.3) is 0 Å². The lowest BCUT2D eigenvalue weighted by molar-refractivity contribution is 0.588. The van der Waals surface area contributed by atoms with E-state index in [2.05, 4.69) is 49.4 Å². The molecule has 0 saturated heterocycles. The highest BCUT2D eigenvalue weighted by Crippen LogP contribution is 2.15. The number of hydrogen-bond acceptors (Lipinski definition) is 3. The average molecular weight is 346 g/mol. The van der Waals surface area contributed by atoms with E-state index < -0.39 is 0 Å². The predicted molar refractivity (Wildman–Crippen MR) is 103 cm³/mol. The van der Waals surface area contributed by atoms with Crippen LogP contribution in [0.3, 0.4) is 0 Å². The maximum Gasteiger partial charge on any atom is 0.191 e. The van der Waals surface area contributed by atoms with E-state index in [4.69, 9.17) is 0 Å². The molecule has 6 heteroatoms. The molecule has 0 aliphatic heterocycles. The summed E-state index contributed by atoms with van der Waals surface area (Å²) in [5, 5.41) is 6.72. The zero-order chi connectivity index (χ0) is 17.0. The van der Waals surface area contributed by atoms with Crippen LogP contribution >= 0.6 is 11.8 Å². The van der Waals surface area contributed by atoms with Gasteiger partial charge in [0.15, 0.2) is 5.96 Å². The summed E-state index contributed by atoms with van der Waals surface area (Å²) in [7, 11) is 1.81. The molecule has 1 aromatic heterocycles. The van der Waals surface area contributed by atoms with Crippen LogP contribution in [0.1, 0.15) is 18.7 Å². The molecule has 5 nitrogen and oxygen atoms in total. The van der Waals surface area contributed by atoms with Crippen molar-refractivity contribution in [2.45, 2.75) is 31.2 Å². The highest BCUT2D eigenvalue weighted by atomic mass is 32.2. The van der Waals surface area contributed by atoms with Crippen molar-refractivity contribution in [1.82, 2.24) is 20.2 Å². The van der Waals surface area contributed by atoms with Crippen molar-refractivity contribution in [2.75, 3.05) is 25.9 Å². The molecule has 2 rings (SSSR count). The normalized spacial score (nSPS) is 11.5. The monoisotopic (exact) mass is 345 g/mol. The van der Waals surface area contributed by atoms with E-state index >= 15 is 0 Å². The van der Waals surface area contributed by atoms with Gasteiger partial charge in [-0.05, 0) is 31.9 Å². The van der Waals surface area contributed by atoms with Gasteiger partial charge in [0.1, 0.15) is 5.82 Å². The fourth-order valence-electron chi connectivity index (χ4n) is 2.33. The number of rotatable bonds is 9. The quantitative estimate of drug-likeness (QED) is 0.318. The zero-order valence-electron chi connectivity index (χ0n) is 14.5. The Kier molecular flexibility index (Phi) is 8.24. The molecular weight excluding hydrogens is 318 g/mol. The number of aliphatic imine (C=N–C) groups is 1. The lowest BCUT2D eigenvalue weighted by atomic mass is 10.3. The molecular formula is C18H27N5S. The molecule has 0 fully saturated rings. The smallest absolute Gasteiger partial charge is 0.191 e. The minimum absolute atomic E-state index is 0.877. The van der Waals surface area contributed by atoms with Gasteiger partial charge >= 0.3 is 0 Å². The number of guanidine groups is 1. The minimum Gasteiger partial charge on any atom is -0.356 e. The number of hydrogen-bond donors (Lipinski definition) is 2. The predicted octanol–water partition coefficient (Wildman–Crippen LogP) is 2.93. The molecule has 0 spiro atoms. The number of thioether (sulfide) groups is 1. The van der Waals surface area contributed by atoms with E-state index in [1.807, 2.05) is 44.2 Å². The van der Waals surface area contributed by atoms with Gasteiger partial charge in [0.2, 0.25) is 0 Å². The molecule has 0 saturated carbocycles. The fraction of sp³-hybridized carbons (Fsp3) is 0.444. The zero-order valence-corrected chi connectivity index (χ0v) is 15.4. The van der Waals surface area contributed by atoms with Crippen LogP contribution in [0.5, 0.6) is 0 Å². The Morgan fingerprint density at radius 2 is 1.96 bits per heavy atom. The second-order valence-electron chi connectivity index (χ2n) is 5.46. The van der Waals surface area contributed by atoms with Gasteiger partial charge < -0.3 is 15.2 Å². The third-order valence-electron chi connectivity index (χ3n) is 3.67. The molecule has 0 radical (unpaired) electrons. The van der Waals surface area contributed by atoms with Crippen molar-refractivity contribution in [3.8, 4) is 0 Å². The summed E-state index contributed by atoms with van der Waals surface area (Å²) in [6.07, 6.45) is 6.13. The molecule has 1 aromatic carbocycles. The van der Waals surface area contributed by atoms with Gasteiger partial charge in [-0.2, -0.15) is 0 Å². The first-order chi connectivity index (χ1) is 11.8. The van der Waals surface area contributed by atoms with Gasteiger partial charge in [-0.1, -0.05) is 18.2 Å². The number of imidazole rings is 1. The fourth-order valence-corrected chi connectivity index (χ4v) is 3.12. The van der Waals surface area contributed by atoms with E-state index in [1.54, 1.807) is 0 Å². The number of unbranched alkanes of at least 4 members (excludes halogenated alkanes) is 1. The minimum atomic E-state index is 0.877. The van der Waals surface area contributed by atoms with E-state index in [1.165, 1.54) is 4.90 Å². The Labute approximate surface area is 149 Å². The first kappa shape index (κ1) is 18.4. The van der Waals surface area contributed by atoms with Crippen molar-refractivity contribution in [1.29, 1.82) is 0 Å². The van der Waals surface area contributed by atoms with Gasteiger partial charge in [-0.3, -0.25) is 4.99 Å². The summed E-state index contributed by atoms with van der Waals surface area (Å²) in [4.78, 5) is 9.80. The Morgan fingerprint density at radius 1 is 1.17 bits per heavy atom. The summed E-state index contributed by atoms with van der Waals surface area (Å²) in [5.74, 6) is 2.98. The Morgan fingerprint density at radius 3 is 2.67 bits per heavy atom. The molecule has 0 unspecified atom stereocenters. The third kappa shape index (κ3) is 6.66. The molecule has 0 atom stereocenters. The van der Waals surface area contributed by atoms with Crippen LogP contribution in [-0.4, -0.2) is 41.4 Å². The molecule has 2 N–H and O–H groups in total. The lowest BCUT2D eigenvalue weighted by Gasteiger charge is -2.12. The van der Waals surface area contributed by atoms with Gasteiger partial charge in [-0.15, -0.1) is 11.8 Å². The lowest BCUT2D eigenvalue weighted by Crippen LogP contribution is -2.38. The van der Waals surface area contributed by atoms with E-state index in [0.717, 1.165) is 50.0 Å². The Hall–Kier alpha value is -1.95. The van der Waals surface area contributed by atoms with Crippen molar-refractivity contribution >= 4 is 17.7 Å². The molecule has 1 heterocycles. The third-order valence-corrected chi connectivity index (χ3v) is 4.69. The summed E-state index contributed by atoms with van der Waals surface area (Å²) >= 11 is 1.85. The Bertz CT molecular complexity index is 609. The first-order valence-electron chi connectivity index (χ1n) is 8.39. The van der Waals surface area contributed by atoms with Crippen molar-refractivity contribution in [3.63, 3.8) is 0 Å². The summed E-state index contributed by atoms with van der Waals surface area (Å²) in [5.41, 5.74) is 0. The maximum absolute atomic E-state index is 4.26. The van der Waals surface area contributed by atoms with Crippen molar-refractivity contribution < 1.29 is 0 Å². The molecule has 0 bridgehead atoms. The molecule has 2 aromatic rings. The second kappa shape index (κ2) is 10.8. The first-order valence-corrected chi connectivity index (χ1v) is 9.38. The number of nitrogens with one attached hydrogen (secondary N) is 2. The maximum atomic E-state index is 4.26. The van der Waals surface area contributed by atoms with E-state index in [9.17, 15) is 0 Å². The standard InChI is InChI=1S/C18H27N5S/c1-16-20-11-14-23(16)13-7-6-10-21-18(19-2)22-12-15-24-17-8-4-3-5-9-17/h3-5,8-9,11,14H,6-7,10,12-13,15H2,1-2H3,(H2,19,21,22). The van der Waals surface area contributed by atoms with E-state index in [-0.39, 0.29) is 0 Å². The largest absolute Gasteiger partial charge is 0.356 e. The van der Waals surface area contributed by atoms with Crippen LogP contribution in [0.2, 0.25) is 0 Å². The number of benzene rings is 1. The van der Waals surface area contributed by atoms with Crippen LogP contribution in [-0.2, 0) is 6.54 Å². The molecule has 0 amide bonds. The highest BCUT2D eigenvalue weighted by Gasteiger charge is 1.99. The second-order valence-corrected chi connectivity index (χ2v) is 6.63. The number of aryl methyl sites for hydroxylation is 2. The van der Waals surface area contributed by atoms with Gasteiger partial charge in [-0.25, -0.2) is 4.98 Å². The van der Waals surface area contributed by atoms with Crippen LogP contribution < -0.4 is 10.6 Å². The molecule has 0 aliphatic rings. The molecule has 0 aliphatic carbocycles. The average Bonchev–Trinajstić information content (AvgIpc) is 3.02. The summed E-state index contributed by atoms with van der Waals surface area (Å²) in [6.45, 7) is 4.89. The molecule has 24 heavy (non-hydrogen) atoms. The van der Waals surface area contributed by atoms with Crippen LogP contribution in [0, 0.1) is 6.92 Å². The van der Waals surface area contributed by atoms with Gasteiger partial charge in [0.05, 0.1) is 0 Å². The van der Waals surface area contributed by atoms with Crippen LogP contribution in [0.25, 0.3) is 0 Å². The number of nitrogens with zero attached hydrogens (tertiary/aromatic N) is 3. The van der Waals surface area contributed by atoms with Gasteiger partial charge in [0, 0.05) is 49.7 Å². The SMILES string of the molecule is CN=C(NCCCCn1ccnc1C)NCCSc1ccccc1. The van der Waals surface area contributed by atoms with Crippen molar-refractivity contribution in [3.05, 3.63) is 48.5 Å². The topological polar surface area (TPSA) is 54.2 Å². The Balaban J connectivity index is 1.53.